The topological polar surface area (TPSA) is 49.4 Å². The molecule has 1 rings (SSSR count). The third-order valence-corrected chi connectivity index (χ3v) is 3.84. The van der Waals surface area contributed by atoms with Gasteiger partial charge in [0.15, 0.2) is 0 Å². The number of rotatable bonds is 6. The molecule has 4 heteroatoms. The zero-order valence-electron chi connectivity index (χ0n) is 13.7. The number of amides is 2. The first-order valence-corrected chi connectivity index (χ1v) is 7.51. The summed E-state index contributed by atoms with van der Waals surface area (Å²) < 4.78 is 0. The first-order chi connectivity index (χ1) is 9.90. The van der Waals surface area contributed by atoms with Crippen LogP contribution >= 0.6 is 0 Å². The zero-order chi connectivity index (χ0) is 16.0. The smallest absolute Gasteiger partial charge is 0.243 e. The summed E-state index contributed by atoms with van der Waals surface area (Å²) in [5, 5.41) is 2.91. The number of carbonyl (C=O) groups is 2. The van der Waals surface area contributed by atoms with Gasteiger partial charge in [-0.05, 0) is 37.8 Å². The number of para-hydroxylation sites is 1. The second-order valence-corrected chi connectivity index (χ2v) is 5.52. The highest BCUT2D eigenvalue weighted by molar-refractivity contribution is 5.95. The molecular weight excluding hydrogens is 264 g/mol. The van der Waals surface area contributed by atoms with E-state index in [0.717, 1.165) is 29.7 Å². The van der Waals surface area contributed by atoms with Gasteiger partial charge in [0, 0.05) is 18.7 Å². The van der Waals surface area contributed by atoms with Crippen LogP contribution < -0.4 is 5.32 Å². The Bertz CT molecular complexity index is 487. The van der Waals surface area contributed by atoms with Crippen molar-refractivity contribution in [2.75, 3.05) is 18.9 Å². The van der Waals surface area contributed by atoms with E-state index < -0.39 is 0 Å². The first-order valence-electron chi connectivity index (χ1n) is 7.51. The third kappa shape index (κ3) is 4.59. The largest absolute Gasteiger partial charge is 0.336 e. The Morgan fingerprint density at radius 1 is 1.14 bits per heavy atom. The highest BCUT2D eigenvalue weighted by Gasteiger charge is 2.20. The number of benzene rings is 1. The van der Waals surface area contributed by atoms with Crippen molar-refractivity contribution in [2.45, 2.75) is 40.5 Å². The molecule has 1 aromatic carbocycles. The molecule has 0 saturated carbocycles. The van der Waals surface area contributed by atoms with E-state index in [1.54, 1.807) is 7.05 Å². The molecule has 0 saturated heterocycles. The molecule has 0 spiro atoms. The number of likely N-dealkylation sites (N-methyl/N-ethyl adjacent to an activating group) is 1. The van der Waals surface area contributed by atoms with Crippen LogP contribution in [0.2, 0.25) is 0 Å². The summed E-state index contributed by atoms with van der Waals surface area (Å²) in [5.74, 6) is -0.117. The van der Waals surface area contributed by atoms with Gasteiger partial charge in [-0.3, -0.25) is 9.59 Å². The average Bonchev–Trinajstić information content (AvgIpc) is 2.44. The maximum absolute atomic E-state index is 12.2. The average molecular weight is 290 g/mol. The van der Waals surface area contributed by atoms with Crippen LogP contribution in [-0.4, -0.2) is 30.3 Å². The Hall–Kier alpha value is -1.84. The minimum absolute atomic E-state index is 0.00278. The summed E-state index contributed by atoms with van der Waals surface area (Å²) in [6.07, 6.45) is 1.61. The monoisotopic (exact) mass is 290 g/mol. The number of hydrogen-bond donors (Lipinski definition) is 1. The molecule has 1 N–H and O–H groups in total. The van der Waals surface area contributed by atoms with Crippen molar-refractivity contribution in [3.8, 4) is 0 Å². The van der Waals surface area contributed by atoms with E-state index in [2.05, 4.69) is 5.32 Å². The fraction of sp³-hybridized carbons (Fsp3) is 0.529. The predicted molar refractivity (Wildman–Crippen MR) is 86.3 cm³/mol. The molecule has 21 heavy (non-hydrogen) atoms. The lowest BCUT2D eigenvalue weighted by Crippen LogP contribution is -2.38. The molecule has 0 heterocycles. The summed E-state index contributed by atoms with van der Waals surface area (Å²) in [6.45, 7) is 8.00. The molecule has 0 atom stereocenters. The second kappa shape index (κ2) is 7.81. The fourth-order valence-corrected chi connectivity index (χ4v) is 2.43. The zero-order valence-corrected chi connectivity index (χ0v) is 13.7. The van der Waals surface area contributed by atoms with Crippen LogP contribution in [0.25, 0.3) is 0 Å². The van der Waals surface area contributed by atoms with E-state index in [1.165, 1.54) is 4.90 Å². The van der Waals surface area contributed by atoms with Gasteiger partial charge in [-0.2, -0.15) is 0 Å². The number of anilines is 1. The van der Waals surface area contributed by atoms with Crippen LogP contribution in [0, 0.1) is 19.8 Å². The molecule has 2 amide bonds. The van der Waals surface area contributed by atoms with E-state index >= 15 is 0 Å². The Balaban J connectivity index is 2.67. The summed E-state index contributed by atoms with van der Waals surface area (Å²) >= 11 is 0. The van der Waals surface area contributed by atoms with Gasteiger partial charge in [0.2, 0.25) is 11.8 Å². The highest BCUT2D eigenvalue weighted by atomic mass is 16.2. The standard InChI is InChI=1S/C17H26N2O2/c1-6-14(7-2)17(21)19(5)11-15(20)18-16-12(3)9-8-10-13(16)4/h8-10,14H,6-7,11H2,1-5H3,(H,18,20). The van der Waals surface area contributed by atoms with Gasteiger partial charge >= 0.3 is 0 Å². The van der Waals surface area contributed by atoms with E-state index in [4.69, 9.17) is 0 Å². The van der Waals surface area contributed by atoms with Crippen molar-refractivity contribution >= 4 is 17.5 Å². The third-order valence-electron chi connectivity index (χ3n) is 3.84. The molecule has 0 aromatic heterocycles. The first kappa shape index (κ1) is 17.2. The van der Waals surface area contributed by atoms with Gasteiger partial charge in [0.1, 0.15) is 0 Å². The maximum Gasteiger partial charge on any atom is 0.243 e. The van der Waals surface area contributed by atoms with Crippen molar-refractivity contribution in [3.05, 3.63) is 29.3 Å². The molecule has 4 nitrogen and oxygen atoms in total. The van der Waals surface area contributed by atoms with Crippen LogP contribution in [0.4, 0.5) is 5.69 Å². The fourth-order valence-electron chi connectivity index (χ4n) is 2.43. The molecular formula is C17H26N2O2. The number of aryl methyl sites for hydroxylation is 2. The predicted octanol–water partition coefficient (Wildman–Crippen LogP) is 3.14. The van der Waals surface area contributed by atoms with Crippen LogP contribution in [-0.2, 0) is 9.59 Å². The second-order valence-electron chi connectivity index (χ2n) is 5.52. The van der Waals surface area contributed by atoms with E-state index in [1.807, 2.05) is 45.9 Å². The van der Waals surface area contributed by atoms with E-state index in [0.29, 0.717) is 0 Å². The molecule has 0 aliphatic carbocycles. The van der Waals surface area contributed by atoms with Gasteiger partial charge in [0.25, 0.3) is 0 Å². The molecule has 0 fully saturated rings. The molecule has 0 radical (unpaired) electrons. The van der Waals surface area contributed by atoms with Crippen molar-refractivity contribution in [3.63, 3.8) is 0 Å². The Morgan fingerprint density at radius 2 is 1.67 bits per heavy atom. The molecule has 1 aromatic rings. The molecule has 0 aliphatic rings. The molecule has 0 bridgehead atoms. The van der Waals surface area contributed by atoms with Gasteiger partial charge in [-0.15, -0.1) is 0 Å². The molecule has 0 aliphatic heterocycles. The van der Waals surface area contributed by atoms with Crippen molar-refractivity contribution in [1.82, 2.24) is 4.90 Å². The summed E-state index contributed by atoms with van der Waals surface area (Å²) in [6, 6.07) is 5.88. The normalized spacial score (nSPS) is 10.6. The van der Waals surface area contributed by atoms with Crippen molar-refractivity contribution in [2.24, 2.45) is 5.92 Å². The Labute approximate surface area is 127 Å². The van der Waals surface area contributed by atoms with Gasteiger partial charge in [-0.25, -0.2) is 0 Å². The molecule has 116 valence electrons. The Kier molecular flexibility index (Phi) is 6.40. The number of carbonyl (C=O) groups excluding carboxylic acids is 2. The number of hydrogen-bond acceptors (Lipinski definition) is 2. The van der Waals surface area contributed by atoms with Crippen LogP contribution in [0.5, 0.6) is 0 Å². The van der Waals surface area contributed by atoms with Crippen LogP contribution in [0.15, 0.2) is 18.2 Å². The maximum atomic E-state index is 12.2. The Morgan fingerprint density at radius 3 is 2.14 bits per heavy atom. The van der Waals surface area contributed by atoms with Gasteiger partial charge in [-0.1, -0.05) is 32.0 Å². The van der Waals surface area contributed by atoms with Crippen LogP contribution in [0.1, 0.15) is 37.8 Å². The quantitative estimate of drug-likeness (QED) is 0.875. The summed E-state index contributed by atoms with van der Waals surface area (Å²) in [5.41, 5.74) is 2.89. The van der Waals surface area contributed by atoms with E-state index in [9.17, 15) is 9.59 Å². The SMILES string of the molecule is CCC(CC)C(=O)N(C)CC(=O)Nc1c(C)cccc1C. The molecule has 0 unspecified atom stereocenters. The lowest BCUT2D eigenvalue weighted by atomic mass is 10.0. The van der Waals surface area contributed by atoms with Crippen molar-refractivity contribution in [1.29, 1.82) is 0 Å². The van der Waals surface area contributed by atoms with Crippen LogP contribution in [0.3, 0.4) is 0 Å². The number of nitrogens with zero attached hydrogens (tertiary/aromatic N) is 1. The van der Waals surface area contributed by atoms with Crippen molar-refractivity contribution < 1.29 is 9.59 Å². The van der Waals surface area contributed by atoms with Gasteiger partial charge < -0.3 is 10.2 Å². The van der Waals surface area contributed by atoms with Gasteiger partial charge in [0.05, 0.1) is 6.54 Å². The minimum Gasteiger partial charge on any atom is -0.336 e. The summed E-state index contributed by atoms with van der Waals surface area (Å²) in [7, 11) is 1.69. The van der Waals surface area contributed by atoms with E-state index in [-0.39, 0.29) is 24.3 Å². The minimum atomic E-state index is -0.158. The lowest BCUT2D eigenvalue weighted by Gasteiger charge is -2.22. The number of nitrogens with one attached hydrogen (secondary N) is 1. The highest BCUT2D eigenvalue weighted by Crippen LogP contribution is 2.19. The summed E-state index contributed by atoms with van der Waals surface area (Å²) in [4.78, 5) is 25.8. The lowest BCUT2D eigenvalue weighted by molar-refractivity contribution is -0.137.